The molecule has 5 aromatic rings. The van der Waals surface area contributed by atoms with Gasteiger partial charge in [-0.15, -0.1) is 0 Å². The Labute approximate surface area is 257 Å². The van der Waals surface area contributed by atoms with E-state index in [1.807, 2.05) is 115 Å². The summed E-state index contributed by atoms with van der Waals surface area (Å²) in [5.74, 6) is 0.164. The van der Waals surface area contributed by atoms with Gasteiger partial charge in [-0.1, -0.05) is 108 Å². The summed E-state index contributed by atoms with van der Waals surface area (Å²) in [7, 11) is 0. The molecule has 2 heterocycles. The van der Waals surface area contributed by atoms with Gasteiger partial charge < -0.3 is 9.47 Å². The van der Waals surface area contributed by atoms with Crippen molar-refractivity contribution in [3.8, 4) is 5.75 Å². The molecule has 0 saturated heterocycles. The van der Waals surface area contributed by atoms with Crippen molar-refractivity contribution in [1.82, 2.24) is 4.57 Å². The van der Waals surface area contributed by atoms with Gasteiger partial charge in [-0.25, -0.2) is 9.79 Å². The SMILES string of the molecule is CCOC(=O)C1=C(c2ccccc2)N=c2s/c(=C\c3cccc(OCc4cccc(Cl)c4)c3)c(=O)n2[C@H]1c1ccccc1. The van der Waals surface area contributed by atoms with Gasteiger partial charge in [0, 0.05) is 10.6 Å². The summed E-state index contributed by atoms with van der Waals surface area (Å²) in [6.07, 6.45) is 1.83. The Morgan fingerprint density at radius 3 is 2.44 bits per heavy atom. The number of esters is 1. The lowest BCUT2D eigenvalue weighted by Crippen LogP contribution is -2.39. The maximum Gasteiger partial charge on any atom is 0.338 e. The minimum atomic E-state index is -0.707. The van der Waals surface area contributed by atoms with E-state index in [1.165, 1.54) is 11.3 Å². The number of halogens is 1. The molecule has 0 aliphatic carbocycles. The highest BCUT2D eigenvalue weighted by Crippen LogP contribution is 2.35. The summed E-state index contributed by atoms with van der Waals surface area (Å²) in [6.45, 7) is 2.33. The van der Waals surface area contributed by atoms with E-state index in [2.05, 4.69) is 0 Å². The lowest BCUT2D eigenvalue weighted by Gasteiger charge is -2.25. The molecule has 0 fully saturated rings. The van der Waals surface area contributed by atoms with Crippen molar-refractivity contribution in [2.24, 2.45) is 4.99 Å². The molecule has 43 heavy (non-hydrogen) atoms. The van der Waals surface area contributed by atoms with Crippen LogP contribution in [0.15, 0.2) is 125 Å². The standard InChI is InChI=1S/C35H27ClN2O4S/c1-2-41-34(40)30-31(25-13-5-3-6-14-25)37-35-38(32(30)26-15-7-4-8-16-26)33(39)29(43-35)21-23-11-10-18-28(20-23)42-22-24-12-9-17-27(36)19-24/h3-21,32H,2,22H2,1H3/b29-21-/t32-/m0/s1. The molecule has 1 aromatic heterocycles. The van der Waals surface area contributed by atoms with Crippen LogP contribution in [0.4, 0.5) is 0 Å². The van der Waals surface area contributed by atoms with Crippen LogP contribution in [-0.4, -0.2) is 17.1 Å². The van der Waals surface area contributed by atoms with Gasteiger partial charge in [0.25, 0.3) is 5.56 Å². The van der Waals surface area contributed by atoms with Gasteiger partial charge in [0.1, 0.15) is 12.4 Å². The van der Waals surface area contributed by atoms with Crippen molar-refractivity contribution in [2.75, 3.05) is 6.61 Å². The molecule has 8 heteroatoms. The summed E-state index contributed by atoms with van der Waals surface area (Å²) in [4.78, 5) is 33.0. The quantitative estimate of drug-likeness (QED) is 0.198. The van der Waals surface area contributed by atoms with Crippen LogP contribution in [0.5, 0.6) is 5.75 Å². The Kier molecular flexibility index (Phi) is 8.36. The van der Waals surface area contributed by atoms with Crippen molar-refractivity contribution in [3.63, 3.8) is 0 Å². The first kappa shape index (κ1) is 28.4. The Hall–Kier alpha value is -4.72. The minimum Gasteiger partial charge on any atom is -0.489 e. The first-order chi connectivity index (χ1) is 21.0. The molecule has 0 amide bonds. The zero-order valence-corrected chi connectivity index (χ0v) is 24.8. The lowest BCUT2D eigenvalue weighted by molar-refractivity contribution is -0.138. The number of rotatable bonds is 8. The molecule has 0 bridgehead atoms. The predicted molar refractivity (Wildman–Crippen MR) is 170 cm³/mol. The maximum absolute atomic E-state index is 14.1. The fourth-order valence-corrected chi connectivity index (χ4v) is 6.24. The molecule has 0 N–H and O–H groups in total. The van der Waals surface area contributed by atoms with Crippen LogP contribution in [0.25, 0.3) is 11.8 Å². The highest BCUT2D eigenvalue weighted by Gasteiger charge is 2.35. The minimum absolute atomic E-state index is 0.200. The summed E-state index contributed by atoms with van der Waals surface area (Å²) < 4.78 is 13.6. The second kappa shape index (κ2) is 12.7. The number of aromatic nitrogens is 1. The van der Waals surface area contributed by atoms with E-state index in [4.69, 9.17) is 26.1 Å². The Morgan fingerprint density at radius 1 is 0.953 bits per heavy atom. The number of ether oxygens (including phenoxy) is 2. The third-order valence-electron chi connectivity index (χ3n) is 6.94. The fourth-order valence-electron chi connectivity index (χ4n) is 5.03. The Balaban J connectivity index is 1.46. The molecular formula is C35H27ClN2O4S. The van der Waals surface area contributed by atoms with E-state index in [9.17, 15) is 9.59 Å². The van der Waals surface area contributed by atoms with E-state index in [0.29, 0.717) is 38.0 Å². The number of carbonyl (C=O) groups excluding carboxylic acids is 1. The van der Waals surface area contributed by atoms with Gasteiger partial charge in [0.15, 0.2) is 4.80 Å². The lowest BCUT2D eigenvalue weighted by atomic mass is 9.93. The Bertz CT molecular complexity index is 2000. The monoisotopic (exact) mass is 606 g/mol. The van der Waals surface area contributed by atoms with E-state index in [0.717, 1.165) is 22.3 Å². The van der Waals surface area contributed by atoms with Crippen molar-refractivity contribution in [3.05, 3.63) is 162 Å². The second-order valence-corrected chi connectivity index (χ2v) is 11.3. The van der Waals surface area contributed by atoms with Crippen molar-refractivity contribution >= 4 is 40.7 Å². The molecule has 1 aliphatic rings. The van der Waals surface area contributed by atoms with Gasteiger partial charge in [-0.2, -0.15) is 0 Å². The number of hydrogen-bond acceptors (Lipinski definition) is 6. The molecule has 4 aromatic carbocycles. The van der Waals surface area contributed by atoms with Crippen LogP contribution in [0.2, 0.25) is 5.02 Å². The van der Waals surface area contributed by atoms with E-state index in [1.54, 1.807) is 11.5 Å². The second-order valence-electron chi connectivity index (χ2n) is 9.83. The third kappa shape index (κ3) is 6.09. The van der Waals surface area contributed by atoms with Crippen LogP contribution in [-0.2, 0) is 16.1 Å². The van der Waals surface area contributed by atoms with Crippen LogP contribution in [0.3, 0.4) is 0 Å². The summed E-state index contributed by atoms with van der Waals surface area (Å²) >= 11 is 7.39. The molecule has 0 unspecified atom stereocenters. The van der Waals surface area contributed by atoms with Crippen LogP contribution in [0.1, 0.15) is 35.2 Å². The zero-order chi connectivity index (χ0) is 29.8. The largest absolute Gasteiger partial charge is 0.489 e. The molecule has 0 saturated carbocycles. The third-order valence-corrected chi connectivity index (χ3v) is 8.16. The average Bonchev–Trinajstić information content (AvgIpc) is 3.34. The fraction of sp³-hybridized carbons (Fsp3) is 0.114. The predicted octanol–water partition coefficient (Wildman–Crippen LogP) is 6.17. The number of nitrogens with zero attached hydrogens (tertiary/aromatic N) is 2. The van der Waals surface area contributed by atoms with Gasteiger partial charge in [-0.05, 0) is 54.0 Å². The first-order valence-electron chi connectivity index (χ1n) is 13.8. The van der Waals surface area contributed by atoms with Gasteiger partial charge in [-0.3, -0.25) is 9.36 Å². The highest BCUT2D eigenvalue weighted by molar-refractivity contribution is 7.07. The summed E-state index contributed by atoms with van der Waals surface area (Å²) in [6, 6.07) is 33.4. The van der Waals surface area contributed by atoms with Crippen molar-refractivity contribution in [1.29, 1.82) is 0 Å². The smallest absolute Gasteiger partial charge is 0.338 e. The topological polar surface area (TPSA) is 69.9 Å². The van der Waals surface area contributed by atoms with Gasteiger partial charge in [0.2, 0.25) is 0 Å². The molecule has 0 spiro atoms. The highest BCUT2D eigenvalue weighted by atomic mass is 35.5. The van der Waals surface area contributed by atoms with Gasteiger partial charge in [0.05, 0.1) is 28.5 Å². The first-order valence-corrected chi connectivity index (χ1v) is 15.0. The van der Waals surface area contributed by atoms with Crippen molar-refractivity contribution < 1.29 is 14.3 Å². The van der Waals surface area contributed by atoms with E-state index >= 15 is 0 Å². The Morgan fingerprint density at radius 2 is 1.70 bits per heavy atom. The average molecular weight is 607 g/mol. The number of fused-ring (bicyclic) bond motifs is 1. The molecule has 1 atom stereocenters. The van der Waals surface area contributed by atoms with Gasteiger partial charge >= 0.3 is 5.97 Å². The number of carbonyl (C=O) groups is 1. The molecule has 0 radical (unpaired) electrons. The normalized spacial score (nSPS) is 14.7. The maximum atomic E-state index is 14.1. The number of benzene rings is 4. The number of thiazole rings is 1. The molecular weight excluding hydrogens is 580 g/mol. The van der Waals surface area contributed by atoms with Crippen LogP contribution in [0, 0.1) is 0 Å². The summed E-state index contributed by atoms with van der Waals surface area (Å²) in [5.41, 5.74) is 3.91. The number of hydrogen-bond donors (Lipinski definition) is 0. The van der Waals surface area contributed by atoms with E-state index in [-0.39, 0.29) is 12.2 Å². The summed E-state index contributed by atoms with van der Waals surface area (Å²) in [5, 5.41) is 0.653. The molecule has 214 valence electrons. The molecule has 1 aliphatic heterocycles. The zero-order valence-electron chi connectivity index (χ0n) is 23.3. The van der Waals surface area contributed by atoms with Crippen molar-refractivity contribution in [2.45, 2.75) is 19.6 Å². The van der Waals surface area contributed by atoms with Crippen LogP contribution >= 0.6 is 22.9 Å². The molecule has 6 nitrogen and oxygen atoms in total. The van der Waals surface area contributed by atoms with Crippen LogP contribution < -0.4 is 19.6 Å². The molecule has 6 rings (SSSR count). The van der Waals surface area contributed by atoms with E-state index < -0.39 is 12.0 Å².